The molecule has 0 saturated carbocycles. The van der Waals surface area contributed by atoms with Crippen LogP contribution in [0.1, 0.15) is 5.56 Å². The molecule has 2 aromatic rings. The molecule has 156 valence electrons. The average molecular weight is 428 g/mol. The van der Waals surface area contributed by atoms with Crippen LogP contribution in [0.3, 0.4) is 0 Å². The van der Waals surface area contributed by atoms with Crippen LogP contribution in [0.25, 0.3) is 6.08 Å². The van der Waals surface area contributed by atoms with Crippen LogP contribution in [0.15, 0.2) is 53.4 Å². The van der Waals surface area contributed by atoms with Crippen LogP contribution < -0.4 is 19.9 Å². The lowest BCUT2D eigenvalue weighted by Crippen LogP contribution is -2.32. The summed E-state index contributed by atoms with van der Waals surface area (Å²) in [6.07, 6.45) is 1.60. The Morgan fingerprint density at radius 2 is 1.87 bits per heavy atom. The van der Waals surface area contributed by atoms with Crippen molar-refractivity contribution in [1.29, 1.82) is 0 Å². The predicted octanol–water partition coefficient (Wildman–Crippen LogP) is 2.67. The van der Waals surface area contributed by atoms with Gasteiger partial charge in [0, 0.05) is 0 Å². The highest BCUT2D eigenvalue weighted by molar-refractivity contribution is 8.18. The number of thioether (sulfide) groups is 1. The molecule has 1 saturated heterocycles. The fourth-order valence-electron chi connectivity index (χ4n) is 2.66. The molecule has 3 amide bonds. The predicted molar refractivity (Wildman–Crippen MR) is 112 cm³/mol. The van der Waals surface area contributed by atoms with Gasteiger partial charge in [0.25, 0.3) is 17.1 Å². The number of carbonyl (C=O) groups excluding carboxylic acids is 3. The van der Waals surface area contributed by atoms with Crippen LogP contribution in [0.2, 0.25) is 0 Å². The fraction of sp³-hybridized carbons (Fsp3) is 0.190. The number of hydrogen-bond acceptors (Lipinski definition) is 7. The van der Waals surface area contributed by atoms with E-state index in [1.807, 2.05) is 18.2 Å². The van der Waals surface area contributed by atoms with E-state index in [2.05, 4.69) is 0 Å². The number of nitrogens with two attached hydrogens (primary N) is 1. The highest BCUT2D eigenvalue weighted by Crippen LogP contribution is 2.34. The molecular weight excluding hydrogens is 408 g/mol. The summed E-state index contributed by atoms with van der Waals surface area (Å²) in [5, 5.41) is -0.351. The first-order valence-electron chi connectivity index (χ1n) is 9.00. The molecule has 0 spiro atoms. The highest BCUT2D eigenvalue weighted by Gasteiger charge is 2.34. The van der Waals surface area contributed by atoms with E-state index in [0.717, 1.165) is 16.7 Å². The van der Waals surface area contributed by atoms with Crippen LogP contribution in [-0.4, -0.2) is 48.8 Å². The number of ether oxygens (including phenoxy) is 3. The maximum absolute atomic E-state index is 12.6. The number of para-hydroxylation sites is 1. The van der Waals surface area contributed by atoms with Crippen LogP contribution in [0.5, 0.6) is 17.2 Å². The van der Waals surface area contributed by atoms with Gasteiger partial charge in [-0.2, -0.15) is 0 Å². The van der Waals surface area contributed by atoms with Crippen molar-refractivity contribution in [1.82, 2.24) is 4.90 Å². The molecule has 0 aromatic heterocycles. The van der Waals surface area contributed by atoms with E-state index in [0.29, 0.717) is 27.7 Å². The number of hydrogen-bond donors (Lipinski definition) is 1. The average Bonchev–Trinajstić information content (AvgIpc) is 3.00. The summed E-state index contributed by atoms with van der Waals surface area (Å²) in [5.74, 6) is 0.409. The number of imide groups is 1. The minimum absolute atomic E-state index is 0.153. The smallest absolute Gasteiger partial charge is 0.293 e. The van der Waals surface area contributed by atoms with Crippen LogP contribution in [0, 0.1) is 0 Å². The van der Waals surface area contributed by atoms with Gasteiger partial charge in [0.05, 0.1) is 18.6 Å². The normalized spacial score (nSPS) is 14.8. The summed E-state index contributed by atoms with van der Waals surface area (Å²) < 4.78 is 16.1. The van der Waals surface area contributed by atoms with Gasteiger partial charge in [0.1, 0.15) is 12.4 Å². The second-order valence-corrected chi connectivity index (χ2v) is 7.15. The van der Waals surface area contributed by atoms with Crippen molar-refractivity contribution in [3.8, 4) is 17.2 Å². The Kier molecular flexibility index (Phi) is 6.97. The molecule has 8 nitrogen and oxygen atoms in total. The van der Waals surface area contributed by atoms with E-state index < -0.39 is 5.91 Å². The maximum atomic E-state index is 12.6. The van der Waals surface area contributed by atoms with Crippen LogP contribution >= 0.6 is 11.8 Å². The van der Waals surface area contributed by atoms with Gasteiger partial charge in [-0.1, -0.05) is 24.3 Å². The largest absolute Gasteiger partial charge is 0.493 e. The lowest BCUT2D eigenvalue weighted by Gasteiger charge is -2.13. The summed E-state index contributed by atoms with van der Waals surface area (Å²) in [5.41, 5.74) is 5.72. The first-order chi connectivity index (χ1) is 14.5. The minimum Gasteiger partial charge on any atom is -0.493 e. The minimum atomic E-state index is -0.606. The van der Waals surface area contributed by atoms with Crippen molar-refractivity contribution in [3.05, 3.63) is 59.0 Å². The topological polar surface area (TPSA) is 108 Å². The van der Waals surface area contributed by atoms with Crippen molar-refractivity contribution >= 4 is 34.9 Å². The van der Waals surface area contributed by atoms with Crippen molar-refractivity contribution < 1.29 is 28.6 Å². The standard InChI is InChI=1S/C21H20N2O6S/c1-27-17-11-14(7-8-16(17)29-13-19(22)24)12-18-20(25)23(21(26)30-18)9-10-28-15-5-3-2-4-6-15/h2-8,11-12H,9-10,13H2,1H3,(H2,22,24)/b18-12-. The Labute approximate surface area is 177 Å². The molecule has 1 fully saturated rings. The zero-order chi connectivity index (χ0) is 21.5. The number of amides is 3. The maximum Gasteiger partial charge on any atom is 0.293 e. The zero-order valence-electron chi connectivity index (χ0n) is 16.2. The van der Waals surface area contributed by atoms with Crippen molar-refractivity contribution in [2.45, 2.75) is 0 Å². The summed E-state index contributed by atoms with van der Waals surface area (Å²) in [6, 6.07) is 14.1. The second kappa shape index (κ2) is 9.84. The molecule has 30 heavy (non-hydrogen) atoms. The van der Waals surface area contributed by atoms with E-state index in [9.17, 15) is 14.4 Å². The molecule has 1 heterocycles. The molecule has 1 aliphatic heterocycles. The number of methoxy groups -OCH3 is 1. The van der Waals surface area contributed by atoms with E-state index in [4.69, 9.17) is 19.9 Å². The van der Waals surface area contributed by atoms with Crippen molar-refractivity contribution in [2.75, 3.05) is 26.9 Å². The Morgan fingerprint density at radius 1 is 1.10 bits per heavy atom. The Bertz CT molecular complexity index is 977. The SMILES string of the molecule is COc1cc(/C=C2\SC(=O)N(CCOc3ccccc3)C2=O)ccc1OCC(N)=O. The van der Waals surface area contributed by atoms with Gasteiger partial charge in [-0.3, -0.25) is 19.3 Å². The Morgan fingerprint density at radius 3 is 2.57 bits per heavy atom. The molecular formula is C21H20N2O6S. The fourth-order valence-corrected chi connectivity index (χ4v) is 3.52. The molecule has 0 bridgehead atoms. The number of rotatable bonds is 9. The molecule has 3 rings (SSSR count). The van der Waals surface area contributed by atoms with E-state index in [1.54, 1.807) is 36.4 Å². The molecule has 0 unspecified atom stereocenters. The van der Waals surface area contributed by atoms with Gasteiger partial charge in [-0.25, -0.2) is 0 Å². The van der Waals surface area contributed by atoms with Gasteiger partial charge < -0.3 is 19.9 Å². The van der Waals surface area contributed by atoms with Crippen LogP contribution in [-0.2, 0) is 9.59 Å². The second-order valence-electron chi connectivity index (χ2n) is 6.16. The molecule has 1 aliphatic rings. The quantitative estimate of drug-likeness (QED) is 0.612. The van der Waals surface area contributed by atoms with Gasteiger partial charge in [-0.15, -0.1) is 0 Å². The summed E-state index contributed by atoms with van der Waals surface area (Å²) in [7, 11) is 1.46. The molecule has 9 heteroatoms. The highest BCUT2D eigenvalue weighted by atomic mass is 32.2. The summed E-state index contributed by atoms with van der Waals surface area (Å²) in [6.45, 7) is 0.0782. The Balaban J connectivity index is 1.66. The number of primary amides is 1. The molecule has 0 radical (unpaired) electrons. The monoisotopic (exact) mass is 428 g/mol. The zero-order valence-corrected chi connectivity index (χ0v) is 17.0. The van der Waals surface area contributed by atoms with Gasteiger partial charge in [0.15, 0.2) is 18.1 Å². The first-order valence-corrected chi connectivity index (χ1v) is 9.82. The molecule has 2 aromatic carbocycles. The van der Waals surface area contributed by atoms with Crippen LogP contribution in [0.4, 0.5) is 4.79 Å². The lowest BCUT2D eigenvalue weighted by molar-refractivity contribution is -0.123. The summed E-state index contributed by atoms with van der Waals surface area (Å²) in [4.78, 5) is 37.2. The van der Waals surface area contributed by atoms with Crippen molar-refractivity contribution in [3.63, 3.8) is 0 Å². The van der Waals surface area contributed by atoms with Gasteiger partial charge >= 0.3 is 0 Å². The number of carbonyl (C=O) groups is 3. The van der Waals surface area contributed by atoms with E-state index in [-0.39, 0.29) is 30.9 Å². The van der Waals surface area contributed by atoms with E-state index in [1.165, 1.54) is 7.11 Å². The molecule has 2 N–H and O–H groups in total. The molecule has 0 aliphatic carbocycles. The van der Waals surface area contributed by atoms with E-state index >= 15 is 0 Å². The lowest BCUT2D eigenvalue weighted by atomic mass is 10.2. The Hall–Kier alpha value is -3.46. The van der Waals surface area contributed by atoms with Gasteiger partial charge in [0.2, 0.25) is 0 Å². The first kappa shape index (κ1) is 21.3. The third kappa shape index (κ3) is 5.32. The number of nitrogens with zero attached hydrogens (tertiary/aromatic N) is 1. The third-order valence-electron chi connectivity index (χ3n) is 4.06. The third-order valence-corrected chi connectivity index (χ3v) is 4.96. The molecule has 0 atom stereocenters. The number of benzene rings is 2. The van der Waals surface area contributed by atoms with Gasteiger partial charge in [-0.05, 0) is 47.7 Å². The van der Waals surface area contributed by atoms with Crippen molar-refractivity contribution in [2.24, 2.45) is 5.73 Å². The summed E-state index contributed by atoms with van der Waals surface area (Å²) >= 11 is 0.864.